The van der Waals surface area contributed by atoms with Crippen LogP contribution in [0.3, 0.4) is 0 Å². The van der Waals surface area contributed by atoms with Gasteiger partial charge in [-0.15, -0.1) is 23.1 Å². The zero-order valence-corrected chi connectivity index (χ0v) is 9.97. The third-order valence-electron chi connectivity index (χ3n) is 2.12. The molecule has 1 aromatic carbocycles. The van der Waals surface area contributed by atoms with Gasteiger partial charge in [0.15, 0.2) is 0 Å². The SMILES string of the molecule is CSc1cc2ccsc2c(CO)c1Cl. The molecule has 1 N–H and O–H groups in total. The first-order valence-corrected chi connectivity index (χ1v) is 6.59. The molecule has 0 aliphatic carbocycles. The maximum atomic E-state index is 9.27. The summed E-state index contributed by atoms with van der Waals surface area (Å²) in [5.74, 6) is 0. The Balaban J connectivity index is 2.80. The number of rotatable bonds is 2. The lowest BCUT2D eigenvalue weighted by Crippen LogP contribution is -1.87. The molecule has 2 rings (SSSR count). The number of hydrogen-bond acceptors (Lipinski definition) is 3. The summed E-state index contributed by atoms with van der Waals surface area (Å²) in [4.78, 5) is 1.03. The van der Waals surface area contributed by atoms with Crippen LogP contribution < -0.4 is 0 Å². The average molecular weight is 245 g/mol. The molecule has 0 aliphatic heterocycles. The fourth-order valence-electron chi connectivity index (χ4n) is 1.42. The molecule has 1 aromatic heterocycles. The van der Waals surface area contributed by atoms with Gasteiger partial charge in [0.25, 0.3) is 0 Å². The number of thioether (sulfide) groups is 1. The minimum atomic E-state index is 0.00421. The molecule has 0 aliphatic rings. The lowest BCUT2D eigenvalue weighted by molar-refractivity contribution is 0.283. The molecule has 0 bridgehead atoms. The van der Waals surface area contributed by atoms with E-state index in [9.17, 15) is 5.11 Å². The van der Waals surface area contributed by atoms with Crippen molar-refractivity contribution in [1.82, 2.24) is 0 Å². The van der Waals surface area contributed by atoms with Crippen LogP contribution in [0.15, 0.2) is 22.4 Å². The highest BCUT2D eigenvalue weighted by molar-refractivity contribution is 7.98. The van der Waals surface area contributed by atoms with Crippen LogP contribution in [0.1, 0.15) is 5.56 Å². The van der Waals surface area contributed by atoms with Gasteiger partial charge in [-0.05, 0) is 29.2 Å². The highest BCUT2D eigenvalue weighted by Gasteiger charge is 2.11. The van der Waals surface area contributed by atoms with Gasteiger partial charge in [0, 0.05) is 15.2 Å². The summed E-state index contributed by atoms with van der Waals surface area (Å²) in [6.07, 6.45) is 1.99. The second-order valence-corrected chi connectivity index (χ2v) is 5.01. The maximum absolute atomic E-state index is 9.27. The molecular formula is C10H9ClOS2. The van der Waals surface area contributed by atoms with E-state index in [-0.39, 0.29) is 6.61 Å². The van der Waals surface area contributed by atoms with Gasteiger partial charge >= 0.3 is 0 Å². The number of aliphatic hydroxyl groups is 1. The second kappa shape index (κ2) is 4.11. The summed E-state index contributed by atoms with van der Waals surface area (Å²) in [7, 11) is 0. The van der Waals surface area contributed by atoms with Gasteiger partial charge in [0.05, 0.1) is 11.6 Å². The molecule has 1 nitrogen and oxygen atoms in total. The third kappa shape index (κ3) is 1.54. The van der Waals surface area contributed by atoms with Crippen molar-refractivity contribution in [3.63, 3.8) is 0 Å². The molecule has 0 fully saturated rings. The van der Waals surface area contributed by atoms with E-state index < -0.39 is 0 Å². The molecule has 14 heavy (non-hydrogen) atoms. The first kappa shape index (κ1) is 10.3. The minimum absolute atomic E-state index is 0.00421. The van der Waals surface area contributed by atoms with Crippen molar-refractivity contribution >= 4 is 44.8 Å². The maximum Gasteiger partial charge on any atom is 0.0710 e. The summed E-state index contributed by atoms with van der Waals surface area (Å²) in [5.41, 5.74) is 0.850. The van der Waals surface area contributed by atoms with Crippen molar-refractivity contribution in [3.8, 4) is 0 Å². The molecule has 74 valence electrons. The highest BCUT2D eigenvalue weighted by atomic mass is 35.5. The first-order valence-electron chi connectivity index (χ1n) is 4.11. The van der Waals surface area contributed by atoms with Crippen LogP contribution in [0, 0.1) is 0 Å². The van der Waals surface area contributed by atoms with Crippen LogP contribution in [0.5, 0.6) is 0 Å². The fourth-order valence-corrected chi connectivity index (χ4v) is 3.39. The highest BCUT2D eigenvalue weighted by Crippen LogP contribution is 2.37. The van der Waals surface area contributed by atoms with Crippen LogP contribution >= 0.6 is 34.7 Å². The topological polar surface area (TPSA) is 20.2 Å². The number of fused-ring (bicyclic) bond motifs is 1. The Hall–Kier alpha value is -0.220. The third-order valence-corrected chi connectivity index (χ3v) is 4.41. The molecule has 0 saturated heterocycles. The van der Waals surface area contributed by atoms with Crippen molar-refractivity contribution in [2.75, 3.05) is 6.26 Å². The molecule has 2 aromatic rings. The monoisotopic (exact) mass is 244 g/mol. The van der Waals surface area contributed by atoms with Crippen molar-refractivity contribution < 1.29 is 5.11 Å². The summed E-state index contributed by atoms with van der Waals surface area (Å²) in [6.45, 7) is 0.00421. The average Bonchev–Trinajstić information content (AvgIpc) is 2.64. The van der Waals surface area contributed by atoms with E-state index in [1.807, 2.05) is 11.6 Å². The Labute approximate surface area is 95.7 Å². The normalized spacial score (nSPS) is 11.1. The van der Waals surface area contributed by atoms with Gasteiger partial charge in [0.2, 0.25) is 0 Å². The van der Waals surface area contributed by atoms with Gasteiger partial charge in [-0.2, -0.15) is 0 Å². The van der Waals surface area contributed by atoms with E-state index in [2.05, 4.69) is 12.1 Å². The van der Waals surface area contributed by atoms with Gasteiger partial charge in [0.1, 0.15) is 0 Å². The van der Waals surface area contributed by atoms with E-state index in [1.54, 1.807) is 23.1 Å². The van der Waals surface area contributed by atoms with Crippen LogP contribution in [0.4, 0.5) is 0 Å². The summed E-state index contributed by atoms with van der Waals surface area (Å²) < 4.78 is 1.09. The van der Waals surface area contributed by atoms with Crippen LogP contribution in [0.25, 0.3) is 10.1 Å². The lowest BCUT2D eigenvalue weighted by Gasteiger charge is -2.07. The summed E-state index contributed by atoms with van der Waals surface area (Å²) in [6, 6.07) is 4.12. The van der Waals surface area contributed by atoms with Gasteiger partial charge in [-0.1, -0.05) is 11.6 Å². The predicted octanol–water partition coefficient (Wildman–Crippen LogP) is 3.77. The van der Waals surface area contributed by atoms with Crippen LogP contribution in [0.2, 0.25) is 5.02 Å². The number of thiophene rings is 1. The second-order valence-electron chi connectivity index (χ2n) is 2.87. The molecule has 4 heteroatoms. The zero-order chi connectivity index (χ0) is 10.1. The van der Waals surface area contributed by atoms with Gasteiger partial charge < -0.3 is 5.11 Å². The number of hydrogen-bond donors (Lipinski definition) is 1. The molecule has 0 saturated carbocycles. The molecule has 1 heterocycles. The quantitative estimate of drug-likeness (QED) is 0.812. The molecular weight excluding hydrogens is 236 g/mol. The van der Waals surface area contributed by atoms with Crippen LogP contribution in [-0.2, 0) is 6.61 Å². The first-order chi connectivity index (χ1) is 6.77. The molecule has 0 unspecified atom stereocenters. The Bertz CT molecular complexity index is 464. The largest absolute Gasteiger partial charge is 0.392 e. The van der Waals surface area contributed by atoms with E-state index in [0.717, 1.165) is 20.5 Å². The van der Waals surface area contributed by atoms with E-state index in [1.165, 1.54) is 0 Å². The van der Waals surface area contributed by atoms with Crippen molar-refractivity contribution in [2.24, 2.45) is 0 Å². The summed E-state index contributed by atoms with van der Waals surface area (Å²) in [5, 5.41) is 13.1. The van der Waals surface area contributed by atoms with Crippen molar-refractivity contribution in [2.45, 2.75) is 11.5 Å². The fraction of sp³-hybridized carbons (Fsp3) is 0.200. The Kier molecular flexibility index (Phi) is 3.02. The number of aliphatic hydroxyl groups excluding tert-OH is 1. The minimum Gasteiger partial charge on any atom is -0.392 e. The Morgan fingerprint density at radius 2 is 2.36 bits per heavy atom. The van der Waals surface area contributed by atoms with Gasteiger partial charge in [-0.3, -0.25) is 0 Å². The van der Waals surface area contributed by atoms with Crippen molar-refractivity contribution in [3.05, 3.63) is 28.1 Å². The van der Waals surface area contributed by atoms with Gasteiger partial charge in [-0.25, -0.2) is 0 Å². The van der Waals surface area contributed by atoms with E-state index in [4.69, 9.17) is 11.6 Å². The smallest absolute Gasteiger partial charge is 0.0710 e. The Morgan fingerprint density at radius 1 is 1.57 bits per heavy atom. The van der Waals surface area contributed by atoms with Crippen molar-refractivity contribution in [1.29, 1.82) is 0 Å². The summed E-state index contributed by atoms with van der Waals surface area (Å²) >= 11 is 9.39. The number of benzene rings is 1. The molecule has 0 radical (unpaired) electrons. The standard InChI is InChI=1S/C10H9ClOS2/c1-13-8-4-6-2-3-14-10(6)7(5-12)9(8)11/h2-4,12H,5H2,1H3. The molecule has 0 atom stereocenters. The zero-order valence-electron chi connectivity index (χ0n) is 7.58. The van der Waals surface area contributed by atoms with E-state index in [0.29, 0.717) is 5.02 Å². The van der Waals surface area contributed by atoms with E-state index >= 15 is 0 Å². The number of halogens is 1. The lowest BCUT2D eigenvalue weighted by atomic mass is 10.2. The Morgan fingerprint density at radius 3 is 3.00 bits per heavy atom. The predicted molar refractivity (Wildman–Crippen MR) is 64.5 cm³/mol. The molecule has 0 amide bonds. The molecule has 0 spiro atoms. The van der Waals surface area contributed by atoms with Crippen LogP contribution in [-0.4, -0.2) is 11.4 Å².